The fourth-order valence-electron chi connectivity index (χ4n) is 0.540. The molecule has 0 fully saturated rings. The number of aliphatic hydroxyl groups is 2. The molecule has 0 aliphatic carbocycles. The smallest absolute Gasteiger partial charge is 0.113 e. The number of hydrogen-bond donors (Lipinski definition) is 3. The van der Waals surface area contributed by atoms with E-state index in [0.717, 1.165) is 5.57 Å². The van der Waals surface area contributed by atoms with Crippen molar-refractivity contribution in [3.8, 4) is 0 Å². The summed E-state index contributed by atoms with van der Waals surface area (Å²) in [6.45, 7) is 23.7. The van der Waals surface area contributed by atoms with Crippen LogP contribution in [0.2, 0.25) is 0 Å². The zero-order valence-electron chi connectivity index (χ0n) is 16.3. The van der Waals surface area contributed by atoms with Crippen molar-refractivity contribution < 1.29 is 10.2 Å². The Bertz CT molecular complexity index is 371. The van der Waals surface area contributed by atoms with Gasteiger partial charge in [0.25, 0.3) is 0 Å². The molecule has 0 saturated carbocycles. The predicted molar refractivity (Wildman–Crippen MR) is 106 cm³/mol. The van der Waals surface area contributed by atoms with Crippen LogP contribution in [0, 0.1) is 5.41 Å². The summed E-state index contributed by atoms with van der Waals surface area (Å²) in [4.78, 5) is 0. The molecule has 0 heterocycles. The second kappa shape index (κ2) is 15.5. The third kappa shape index (κ3) is 18.6. The van der Waals surface area contributed by atoms with E-state index in [9.17, 15) is 0 Å². The minimum atomic E-state index is -1.01. The second-order valence-electron chi connectivity index (χ2n) is 5.40. The maximum atomic E-state index is 9.10. The van der Waals surface area contributed by atoms with Crippen LogP contribution in [0.25, 0.3) is 0 Å². The highest BCUT2D eigenvalue weighted by Gasteiger charge is 2.31. The molecule has 3 nitrogen and oxygen atoms in total. The average molecular weight is 321 g/mol. The van der Waals surface area contributed by atoms with E-state index in [1.165, 1.54) is 6.21 Å². The standard InChI is InChI=1S/C9H12BN.C6H14O2.C2H6.C2H4/c1-4-9(10)5-7(2)8(3)6-11;1-5(2,7)6(3,4)8;2*1-2/h4-6,11H,3H2,1-2H3;7-8H,1-4H3;1-2H3;1-2H2/b7-5+,9-4+,11-6?;;;. The lowest BCUT2D eigenvalue weighted by Crippen LogP contribution is -2.44. The van der Waals surface area contributed by atoms with Crippen LogP contribution in [0.1, 0.15) is 55.4 Å². The Balaban J connectivity index is -0.000000133. The highest BCUT2D eigenvalue weighted by molar-refractivity contribution is 6.23. The second-order valence-corrected chi connectivity index (χ2v) is 5.40. The third-order valence-electron chi connectivity index (χ3n) is 2.89. The molecule has 0 amide bonds. The van der Waals surface area contributed by atoms with Crippen LogP contribution < -0.4 is 0 Å². The first-order valence-electron chi connectivity index (χ1n) is 7.61. The molecule has 2 radical (unpaired) electrons. The maximum absolute atomic E-state index is 9.10. The zero-order chi connectivity index (χ0) is 19.9. The van der Waals surface area contributed by atoms with E-state index in [0.29, 0.717) is 11.0 Å². The predicted octanol–water partition coefficient (Wildman–Crippen LogP) is 4.57. The molecule has 23 heavy (non-hydrogen) atoms. The van der Waals surface area contributed by atoms with Crippen molar-refractivity contribution in [1.82, 2.24) is 0 Å². The molecule has 0 unspecified atom stereocenters. The van der Waals surface area contributed by atoms with Crippen LogP contribution >= 0.6 is 0 Å². The molecule has 132 valence electrons. The quantitative estimate of drug-likeness (QED) is 0.307. The highest BCUT2D eigenvalue weighted by atomic mass is 16.3. The summed E-state index contributed by atoms with van der Waals surface area (Å²) in [6, 6.07) is 0. The van der Waals surface area contributed by atoms with Crippen molar-refractivity contribution in [2.45, 2.75) is 66.6 Å². The molecule has 0 bridgehead atoms. The summed E-state index contributed by atoms with van der Waals surface area (Å²) in [6.07, 6.45) is 4.82. The van der Waals surface area contributed by atoms with Gasteiger partial charge in [-0.3, -0.25) is 0 Å². The molecule has 0 aromatic carbocycles. The zero-order valence-corrected chi connectivity index (χ0v) is 16.3. The Kier molecular flexibility index (Phi) is 20.0. The molecule has 4 heteroatoms. The summed E-state index contributed by atoms with van der Waals surface area (Å²) in [5, 5.41) is 25.1. The van der Waals surface area contributed by atoms with Crippen LogP contribution in [-0.4, -0.2) is 35.5 Å². The van der Waals surface area contributed by atoms with Gasteiger partial charge in [0, 0.05) is 6.21 Å². The highest BCUT2D eigenvalue weighted by Crippen LogP contribution is 2.19. The number of allylic oxidation sites excluding steroid dienone is 5. The molecule has 0 atom stereocenters. The first-order valence-corrected chi connectivity index (χ1v) is 7.61. The van der Waals surface area contributed by atoms with Crippen LogP contribution in [0.4, 0.5) is 0 Å². The first-order chi connectivity index (χ1) is 10.4. The monoisotopic (exact) mass is 321 g/mol. The van der Waals surface area contributed by atoms with E-state index in [2.05, 4.69) is 19.7 Å². The molecular weight excluding hydrogens is 285 g/mol. The lowest BCUT2D eigenvalue weighted by Gasteiger charge is -2.31. The lowest BCUT2D eigenvalue weighted by atomic mass is 9.90. The lowest BCUT2D eigenvalue weighted by molar-refractivity contribution is -0.107. The molecule has 0 rings (SSSR count). The van der Waals surface area contributed by atoms with Crippen LogP contribution in [0.5, 0.6) is 0 Å². The van der Waals surface area contributed by atoms with E-state index in [1.54, 1.807) is 39.8 Å². The minimum Gasteiger partial charge on any atom is -0.387 e. The van der Waals surface area contributed by atoms with E-state index in [4.69, 9.17) is 23.5 Å². The van der Waals surface area contributed by atoms with Gasteiger partial charge in [-0.15, -0.1) is 18.6 Å². The van der Waals surface area contributed by atoms with Crippen molar-refractivity contribution in [3.05, 3.63) is 48.5 Å². The minimum absolute atomic E-state index is 0.690. The molecule has 3 N–H and O–H groups in total. The van der Waals surface area contributed by atoms with Gasteiger partial charge in [-0.2, -0.15) is 0 Å². The fourth-order valence-corrected chi connectivity index (χ4v) is 0.540. The van der Waals surface area contributed by atoms with Crippen molar-refractivity contribution in [3.63, 3.8) is 0 Å². The van der Waals surface area contributed by atoms with Gasteiger partial charge in [0.15, 0.2) is 0 Å². The molecule has 0 spiro atoms. The Morgan fingerprint density at radius 1 is 1.04 bits per heavy atom. The van der Waals surface area contributed by atoms with Crippen LogP contribution in [0.15, 0.2) is 48.5 Å². The summed E-state index contributed by atoms with van der Waals surface area (Å²) < 4.78 is 0. The van der Waals surface area contributed by atoms with Crippen molar-refractivity contribution in [1.29, 1.82) is 5.41 Å². The summed E-state index contributed by atoms with van der Waals surface area (Å²) in [5.74, 6) is 0. The van der Waals surface area contributed by atoms with Gasteiger partial charge < -0.3 is 15.6 Å². The van der Waals surface area contributed by atoms with Gasteiger partial charge in [0.2, 0.25) is 0 Å². The van der Waals surface area contributed by atoms with Gasteiger partial charge in [-0.1, -0.05) is 32.6 Å². The van der Waals surface area contributed by atoms with Crippen LogP contribution in [0.3, 0.4) is 0 Å². The molecular formula is C19H36BNO2. The normalized spacial score (nSPS) is 11.6. The molecule has 0 aliphatic heterocycles. The van der Waals surface area contributed by atoms with E-state index < -0.39 is 11.2 Å². The summed E-state index contributed by atoms with van der Waals surface area (Å²) in [5.41, 5.74) is 0.302. The summed E-state index contributed by atoms with van der Waals surface area (Å²) in [7, 11) is 5.53. The van der Waals surface area contributed by atoms with E-state index in [-0.39, 0.29) is 0 Å². The van der Waals surface area contributed by atoms with Crippen LogP contribution in [-0.2, 0) is 0 Å². The number of rotatable bonds is 4. The largest absolute Gasteiger partial charge is 0.387 e. The summed E-state index contributed by atoms with van der Waals surface area (Å²) >= 11 is 0. The fraction of sp³-hybridized carbons (Fsp3) is 0.526. The third-order valence-corrected chi connectivity index (χ3v) is 2.89. The molecule has 0 aliphatic rings. The van der Waals surface area contributed by atoms with Gasteiger partial charge in [0.1, 0.15) is 7.85 Å². The Morgan fingerprint density at radius 2 is 1.35 bits per heavy atom. The van der Waals surface area contributed by atoms with Gasteiger partial charge in [-0.05, 0) is 52.7 Å². The molecule has 0 aromatic rings. The Hall–Kier alpha value is -1.39. The first kappa shape index (κ1) is 29.6. The van der Waals surface area contributed by atoms with Crippen molar-refractivity contribution in [2.24, 2.45) is 0 Å². The SMILES string of the molecule is C=C.CC.CC(C)(O)C(C)(C)O.[B]C(=C/C)/C=C(\C)C(=C)C=N. The van der Waals surface area contributed by atoms with Crippen molar-refractivity contribution >= 4 is 14.1 Å². The van der Waals surface area contributed by atoms with Crippen molar-refractivity contribution in [2.75, 3.05) is 0 Å². The average Bonchev–Trinajstić information content (AvgIpc) is 2.48. The molecule has 0 saturated heterocycles. The van der Waals surface area contributed by atoms with Gasteiger partial charge in [-0.25, -0.2) is 0 Å². The topological polar surface area (TPSA) is 64.3 Å². The molecule has 0 aromatic heterocycles. The van der Waals surface area contributed by atoms with E-state index in [1.807, 2.05) is 27.7 Å². The van der Waals surface area contributed by atoms with Gasteiger partial charge in [0.05, 0.1) is 11.2 Å². The maximum Gasteiger partial charge on any atom is 0.113 e. The van der Waals surface area contributed by atoms with E-state index >= 15 is 0 Å². The van der Waals surface area contributed by atoms with Gasteiger partial charge >= 0.3 is 0 Å². The number of nitrogens with one attached hydrogen (secondary N) is 1. The Labute approximate surface area is 145 Å². The Morgan fingerprint density at radius 3 is 1.52 bits per heavy atom. The number of hydrogen-bond acceptors (Lipinski definition) is 3.